The van der Waals surface area contributed by atoms with E-state index in [0.29, 0.717) is 0 Å². The van der Waals surface area contributed by atoms with Gasteiger partial charge in [0.05, 0.1) is 7.11 Å². The second kappa shape index (κ2) is 13.1. The third-order valence-electron chi connectivity index (χ3n) is 1.05. The van der Waals surface area contributed by atoms with Crippen LogP contribution in [0.4, 0.5) is 0 Å². The Morgan fingerprint density at radius 1 is 1.27 bits per heavy atom. The van der Waals surface area contributed by atoms with Crippen LogP contribution >= 0.6 is 12.6 Å². The number of hydrogen-bond donors (Lipinski definition) is 1. The molecule has 0 spiro atoms. The number of benzene rings is 1. The van der Waals surface area contributed by atoms with Crippen LogP contribution in [0.2, 0.25) is 0 Å². The second-order valence-electron chi connectivity index (χ2n) is 2.52. The molecule has 0 saturated carbocycles. The zero-order chi connectivity index (χ0) is 12.1. The van der Waals surface area contributed by atoms with E-state index in [2.05, 4.69) is 23.9 Å². The Balaban J connectivity index is 0. The number of rotatable bonds is 1. The molecule has 2 nitrogen and oxygen atoms in total. The lowest BCUT2D eigenvalue weighted by atomic mass is 10.3. The number of allylic oxidation sites excluding steroid dienone is 1. The van der Waals surface area contributed by atoms with Gasteiger partial charge in [0, 0.05) is 19.1 Å². The van der Waals surface area contributed by atoms with E-state index >= 15 is 0 Å². The highest BCUT2D eigenvalue weighted by atomic mass is 32.1. The Morgan fingerprint density at radius 2 is 1.73 bits per heavy atom. The summed E-state index contributed by atoms with van der Waals surface area (Å²) in [5, 5.41) is 0. The summed E-state index contributed by atoms with van der Waals surface area (Å²) in [6.07, 6.45) is 1.75. The molecule has 1 aromatic rings. The molecule has 15 heavy (non-hydrogen) atoms. The molecule has 3 heteroatoms. The third-order valence-corrected chi connectivity index (χ3v) is 1.33. The van der Waals surface area contributed by atoms with Crippen LogP contribution in [0.15, 0.2) is 41.8 Å². The molecule has 0 bridgehead atoms. The summed E-state index contributed by atoms with van der Waals surface area (Å²) in [6, 6.07) is 7.57. The van der Waals surface area contributed by atoms with Gasteiger partial charge in [0.1, 0.15) is 5.75 Å². The fourth-order valence-electron chi connectivity index (χ4n) is 0.610. The van der Waals surface area contributed by atoms with Gasteiger partial charge in [-0.1, -0.05) is 12.1 Å². The molecule has 86 valence electrons. The minimum Gasteiger partial charge on any atom is -0.497 e. The fourth-order valence-corrected chi connectivity index (χ4v) is 0.824. The van der Waals surface area contributed by atoms with Crippen molar-refractivity contribution in [3.8, 4) is 5.75 Å². The maximum Gasteiger partial charge on any atom is 0.119 e. The molecule has 0 fully saturated rings. The molecule has 0 unspecified atom stereocenters. The van der Waals surface area contributed by atoms with Gasteiger partial charge in [-0.25, -0.2) is 0 Å². The van der Waals surface area contributed by atoms with E-state index < -0.39 is 0 Å². The van der Waals surface area contributed by atoms with Gasteiger partial charge < -0.3 is 9.47 Å². The first kappa shape index (κ1) is 16.5. The predicted molar refractivity (Wildman–Crippen MR) is 69.1 cm³/mol. The number of ether oxygens (including phenoxy) is 2. The number of hydrogen-bond acceptors (Lipinski definition) is 3. The van der Waals surface area contributed by atoms with Crippen LogP contribution in [0, 0.1) is 0 Å². The van der Waals surface area contributed by atoms with Gasteiger partial charge in [0.15, 0.2) is 0 Å². The average molecular weight is 228 g/mol. The van der Waals surface area contributed by atoms with E-state index in [0.717, 1.165) is 10.6 Å². The highest BCUT2D eigenvalue weighted by molar-refractivity contribution is 7.80. The summed E-state index contributed by atoms with van der Waals surface area (Å²) in [5.74, 6) is 0.850. The van der Waals surface area contributed by atoms with E-state index in [1.807, 2.05) is 31.2 Å². The van der Waals surface area contributed by atoms with E-state index in [4.69, 9.17) is 4.74 Å². The zero-order valence-corrected chi connectivity index (χ0v) is 10.8. The van der Waals surface area contributed by atoms with Crippen molar-refractivity contribution in [3.05, 3.63) is 36.9 Å². The first-order valence-electron chi connectivity index (χ1n) is 4.46. The summed E-state index contributed by atoms with van der Waals surface area (Å²) in [7, 11) is 4.89. The van der Waals surface area contributed by atoms with E-state index in [1.54, 1.807) is 27.4 Å². The van der Waals surface area contributed by atoms with Crippen molar-refractivity contribution in [1.82, 2.24) is 0 Å². The molecule has 1 aromatic carbocycles. The number of thiol groups is 1. The van der Waals surface area contributed by atoms with E-state index in [1.165, 1.54) is 0 Å². The maximum absolute atomic E-state index is 4.95. The van der Waals surface area contributed by atoms with Gasteiger partial charge >= 0.3 is 0 Å². The Morgan fingerprint density at radius 3 is 2.00 bits per heavy atom. The quantitative estimate of drug-likeness (QED) is 0.586. The lowest BCUT2D eigenvalue weighted by molar-refractivity contribution is 0.277. The van der Waals surface area contributed by atoms with Crippen molar-refractivity contribution in [1.29, 1.82) is 0 Å². The van der Waals surface area contributed by atoms with Crippen molar-refractivity contribution in [2.75, 3.05) is 21.3 Å². The largest absolute Gasteiger partial charge is 0.497 e. The van der Waals surface area contributed by atoms with Crippen LogP contribution in [-0.4, -0.2) is 21.3 Å². The highest BCUT2D eigenvalue weighted by Gasteiger charge is 1.87. The summed E-state index contributed by atoms with van der Waals surface area (Å²) in [4.78, 5) is 0.925. The minimum absolute atomic E-state index is 0.850. The summed E-state index contributed by atoms with van der Waals surface area (Å²) >= 11 is 4.13. The molecule has 0 heterocycles. The topological polar surface area (TPSA) is 18.5 Å². The maximum atomic E-state index is 4.95. The molecule has 0 radical (unpaired) electrons. The molecule has 0 aromatic heterocycles. The SMILES string of the molecule is C=CC.COC.COc1cccc(S)c1. The lowest BCUT2D eigenvalue weighted by Gasteiger charge is -1.97. The molecule has 0 amide bonds. The van der Waals surface area contributed by atoms with E-state index in [9.17, 15) is 0 Å². The van der Waals surface area contributed by atoms with Crippen LogP contribution < -0.4 is 4.74 Å². The van der Waals surface area contributed by atoms with Crippen LogP contribution in [0.3, 0.4) is 0 Å². The first-order valence-corrected chi connectivity index (χ1v) is 4.91. The molecular formula is C12H20O2S. The van der Waals surface area contributed by atoms with E-state index in [-0.39, 0.29) is 0 Å². The fraction of sp³-hybridized carbons (Fsp3) is 0.333. The monoisotopic (exact) mass is 228 g/mol. The minimum atomic E-state index is 0.850. The lowest BCUT2D eigenvalue weighted by Crippen LogP contribution is -1.80. The van der Waals surface area contributed by atoms with Crippen molar-refractivity contribution >= 4 is 12.6 Å². The van der Waals surface area contributed by atoms with Crippen LogP contribution in [0.5, 0.6) is 5.75 Å². The molecule has 1 rings (SSSR count). The highest BCUT2D eigenvalue weighted by Crippen LogP contribution is 2.14. The average Bonchev–Trinajstić information content (AvgIpc) is 2.20. The van der Waals surface area contributed by atoms with Gasteiger partial charge in [-0.3, -0.25) is 0 Å². The van der Waals surface area contributed by atoms with Gasteiger partial charge in [-0.05, 0) is 25.1 Å². The molecule has 0 aliphatic heterocycles. The summed E-state index contributed by atoms with van der Waals surface area (Å²) in [5.41, 5.74) is 0. The molecular weight excluding hydrogens is 208 g/mol. The Bertz CT molecular complexity index is 249. The van der Waals surface area contributed by atoms with Crippen molar-refractivity contribution in [2.45, 2.75) is 11.8 Å². The molecule has 0 saturated heterocycles. The van der Waals surface area contributed by atoms with Gasteiger partial charge in [-0.15, -0.1) is 19.2 Å². The second-order valence-corrected chi connectivity index (χ2v) is 3.03. The Kier molecular flexibility index (Phi) is 14.4. The Hall–Kier alpha value is -0.930. The van der Waals surface area contributed by atoms with Crippen molar-refractivity contribution in [3.63, 3.8) is 0 Å². The van der Waals surface area contributed by atoms with Crippen LogP contribution in [-0.2, 0) is 4.74 Å². The standard InChI is InChI=1S/C7H8OS.C3H6.C2H6O/c1-8-6-3-2-4-7(9)5-6;2*1-3-2/h2-5,9H,1H3;3H,1H2,2H3;1-2H3. The number of methoxy groups -OCH3 is 2. The first-order chi connectivity index (χ1) is 7.15. The summed E-state index contributed by atoms with van der Waals surface area (Å²) < 4.78 is 9.20. The van der Waals surface area contributed by atoms with Gasteiger partial charge in [-0.2, -0.15) is 0 Å². The van der Waals surface area contributed by atoms with Crippen LogP contribution in [0.25, 0.3) is 0 Å². The van der Waals surface area contributed by atoms with Crippen LogP contribution in [0.1, 0.15) is 6.92 Å². The third kappa shape index (κ3) is 13.1. The van der Waals surface area contributed by atoms with Gasteiger partial charge in [0.2, 0.25) is 0 Å². The predicted octanol–water partition coefficient (Wildman–Crippen LogP) is 3.44. The molecule has 0 aliphatic rings. The summed E-state index contributed by atoms with van der Waals surface area (Å²) in [6.45, 7) is 5.25. The van der Waals surface area contributed by atoms with Gasteiger partial charge in [0.25, 0.3) is 0 Å². The molecule has 0 aliphatic carbocycles. The molecule has 0 atom stereocenters. The van der Waals surface area contributed by atoms with Crippen molar-refractivity contribution < 1.29 is 9.47 Å². The molecule has 0 N–H and O–H groups in total. The van der Waals surface area contributed by atoms with Crippen molar-refractivity contribution in [2.24, 2.45) is 0 Å². The Labute approximate surface area is 98.3 Å². The normalized spacial score (nSPS) is 7.53. The smallest absolute Gasteiger partial charge is 0.119 e. The zero-order valence-electron chi connectivity index (χ0n) is 9.86.